The molecule has 1 aliphatic heterocycles. The first-order valence-electron chi connectivity index (χ1n) is 8.35. The van der Waals surface area contributed by atoms with Crippen LogP contribution in [0.4, 0.5) is 9.80 Å². The SMILES string of the molecule is CCNC(=O)N1CCN(C(=O)c2ccc(NC(=O)c3ccco3)s2)CC1. The fourth-order valence-corrected chi connectivity index (χ4v) is 3.50. The summed E-state index contributed by atoms with van der Waals surface area (Å²) in [7, 11) is 0. The second-order valence-corrected chi connectivity index (χ2v) is 6.79. The van der Waals surface area contributed by atoms with E-state index in [9.17, 15) is 14.4 Å². The first kappa shape index (κ1) is 18.0. The van der Waals surface area contributed by atoms with Crippen molar-refractivity contribution >= 4 is 34.2 Å². The molecule has 0 aromatic carbocycles. The predicted molar refractivity (Wildman–Crippen MR) is 97.5 cm³/mol. The van der Waals surface area contributed by atoms with Crippen molar-refractivity contribution in [3.8, 4) is 0 Å². The van der Waals surface area contributed by atoms with Gasteiger partial charge >= 0.3 is 6.03 Å². The van der Waals surface area contributed by atoms with Gasteiger partial charge in [0.1, 0.15) is 0 Å². The highest BCUT2D eigenvalue weighted by atomic mass is 32.1. The molecule has 0 radical (unpaired) electrons. The minimum atomic E-state index is -0.355. The van der Waals surface area contributed by atoms with Gasteiger partial charge in [0.05, 0.1) is 16.1 Å². The minimum Gasteiger partial charge on any atom is -0.459 e. The third-order valence-corrected chi connectivity index (χ3v) is 4.97. The Bertz CT molecular complexity index is 779. The van der Waals surface area contributed by atoms with Crippen molar-refractivity contribution in [2.24, 2.45) is 0 Å². The molecule has 9 heteroatoms. The summed E-state index contributed by atoms with van der Waals surface area (Å²) in [6.07, 6.45) is 1.43. The van der Waals surface area contributed by atoms with Crippen molar-refractivity contribution in [1.29, 1.82) is 0 Å². The van der Waals surface area contributed by atoms with Gasteiger partial charge in [-0.3, -0.25) is 9.59 Å². The molecule has 0 atom stereocenters. The van der Waals surface area contributed by atoms with Crippen molar-refractivity contribution in [1.82, 2.24) is 15.1 Å². The summed E-state index contributed by atoms with van der Waals surface area (Å²) in [6, 6.07) is 6.51. The topological polar surface area (TPSA) is 94.9 Å². The smallest absolute Gasteiger partial charge is 0.317 e. The zero-order valence-corrected chi connectivity index (χ0v) is 15.2. The van der Waals surface area contributed by atoms with Gasteiger partial charge in [-0.05, 0) is 31.2 Å². The molecule has 1 saturated heterocycles. The summed E-state index contributed by atoms with van der Waals surface area (Å²) in [4.78, 5) is 40.4. The van der Waals surface area contributed by atoms with Gasteiger partial charge < -0.3 is 24.9 Å². The van der Waals surface area contributed by atoms with Crippen LogP contribution in [0.25, 0.3) is 0 Å². The first-order chi connectivity index (χ1) is 12.6. The molecule has 0 unspecified atom stereocenters. The van der Waals surface area contributed by atoms with Gasteiger partial charge in [0.15, 0.2) is 5.76 Å². The zero-order valence-electron chi connectivity index (χ0n) is 14.4. The molecule has 1 fully saturated rings. The van der Waals surface area contributed by atoms with E-state index in [-0.39, 0.29) is 23.6 Å². The highest BCUT2D eigenvalue weighted by Gasteiger charge is 2.25. The van der Waals surface area contributed by atoms with Crippen molar-refractivity contribution in [3.63, 3.8) is 0 Å². The van der Waals surface area contributed by atoms with Crippen LogP contribution in [0.3, 0.4) is 0 Å². The molecule has 0 saturated carbocycles. The van der Waals surface area contributed by atoms with Crippen molar-refractivity contribution < 1.29 is 18.8 Å². The monoisotopic (exact) mass is 376 g/mol. The van der Waals surface area contributed by atoms with Crippen LogP contribution in [-0.2, 0) is 0 Å². The largest absolute Gasteiger partial charge is 0.459 e. The van der Waals surface area contributed by atoms with Crippen molar-refractivity contribution in [3.05, 3.63) is 41.2 Å². The van der Waals surface area contributed by atoms with E-state index in [1.807, 2.05) is 6.92 Å². The molecule has 26 heavy (non-hydrogen) atoms. The molecule has 1 aliphatic rings. The lowest BCUT2D eigenvalue weighted by Gasteiger charge is -2.34. The lowest BCUT2D eigenvalue weighted by molar-refractivity contribution is 0.0670. The van der Waals surface area contributed by atoms with E-state index in [0.717, 1.165) is 0 Å². The number of carbonyl (C=O) groups is 3. The Morgan fingerprint density at radius 3 is 2.50 bits per heavy atom. The molecule has 0 spiro atoms. The molecule has 0 bridgehead atoms. The van der Waals surface area contributed by atoms with E-state index in [2.05, 4.69) is 10.6 Å². The van der Waals surface area contributed by atoms with Crippen molar-refractivity contribution in [2.45, 2.75) is 6.92 Å². The molecule has 8 nitrogen and oxygen atoms in total. The summed E-state index contributed by atoms with van der Waals surface area (Å²) < 4.78 is 5.04. The zero-order chi connectivity index (χ0) is 18.5. The van der Waals surface area contributed by atoms with E-state index in [0.29, 0.717) is 42.6 Å². The number of hydrogen-bond acceptors (Lipinski definition) is 5. The Morgan fingerprint density at radius 2 is 1.85 bits per heavy atom. The lowest BCUT2D eigenvalue weighted by atomic mass is 10.3. The van der Waals surface area contributed by atoms with E-state index in [1.54, 1.807) is 34.1 Å². The van der Waals surface area contributed by atoms with E-state index in [4.69, 9.17) is 4.42 Å². The van der Waals surface area contributed by atoms with Crippen LogP contribution in [0.5, 0.6) is 0 Å². The van der Waals surface area contributed by atoms with Gasteiger partial charge in [-0.2, -0.15) is 0 Å². The second kappa shape index (κ2) is 8.05. The molecule has 3 heterocycles. The molecule has 138 valence electrons. The minimum absolute atomic E-state index is 0.0935. The molecule has 2 aromatic heterocycles. The summed E-state index contributed by atoms with van der Waals surface area (Å²) in [5.74, 6) is -0.233. The van der Waals surface area contributed by atoms with Crippen LogP contribution in [0, 0.1) is 0 Å². The van der Waals surface area contributed by atoms with Gasteiger partial charge in [0, 0.05) is 32.7 Å². The predicted octanol–water partition coefficient (Wildman–Crippen LogP) is 2.08. The Balaban J connectivity index is 1.55. The number of thiophene rings is 1. The van der Waals surface area contributed by atoms with Gasteiger partial charge in [0.25, 0.3) is 11.8 Å². The maximum absolute atomic E-state index is 12.6. The Morgan fingerprint density at radius 1 is 1.12 bits per heavy atom. The molecule has 3 rings (SSSR count). The van der Waals surface area contributed by atoms with Crippen LogP contribution in [-0.4, -0.2) is 60.4 Å². The maximum Gasteiger partial charge on any atom is 0.317 e. The first-order valence-corrected chi connectivity index (χ1v) is 9.17. The molecular formula is C17H20N4O4S. The summed E-state index contributed by atoms with van der Waals surface area (Å²) in [5, 5.41) is 6.05. The molecule has 2 aromatic rings. The van der Waals surface area contributed by atoms with Crippen LogP contribution in [0.15, 0.2) is 34.9 Å². The van der Waals surface area contributed by atoms with Crippen LogP contribution in [0.2, 0.25) is 0 Å². The van der Waals surface area contributed by atoms with Gasteiger partial charge in [-0.25, -0.2) is 4.79 Å². The molecular weight excluding hydrogens is 356 g/mol. The van der Waals surface area contributed by atoms with E-state index < -0.39 is 0 Å². The second-order valence-electron chi connectivity index (χ2n) is 5.71. The fraction of sp³-hybridized carbons (Fsp3) is 0.353. The fourth-order valence-electron chi connectivity index (χ4n) is 2.63. The maximum atomic E-state index is 12.6. The Labute approximate surface area is 154 Å². The number of rotatable bonds is 4. The van der Waals surface area contributed by atoms with E-state index >= 15 is 0 Å². The Kier molecular flexibility index (Phi) is 5.57. The quantitative estimate of drug-likeness (QED) is 0.854. The highest BCUT2D eigenvalue weighted by Crippen LogP contribution is 2.24. The number of furan rings is 1. The van der Waals surface area contributed by atoms with E-state index in [1.165, 1.54) is 17.6 Å². The lowest BCUT2D eigenvalue weighted by Crippen LogP contribution is -2.53. The van der Waals surface area contributed by atoms with Crippen molar-refractivity contribution in [2.75, 3.05) is 38.0 Å². The molecule has 4 amide bonds. The number of carbonyl (C=O) groups excluding carboxylic acids is 3. The van der Waals surface area contributed by atoms with Crippen LogP contribution >= 0.6 is 11.3 Å². The highest BCUT2D eigenvalue weighted by molar-refractivity contribution is 7.18. The van der Waals surface area contributed by atoms with Crippen LogP contribution in [0.1, 0.15) is 27.2 Å². The normalized spacial score (nSPS) is 14.2. The van der Waals surface area contributed by atoms with Gasteiger partial charge in [-0.1, -0.05) is 0 Å². The van der Waals surface area contributed by atoms with Crippen LogP contribution < -0.4 is 10.6 Å². The number of hydrogen-bond donors (Lipinski definition) is 2. The number of piperazine rings is 1. The number of nitrogens with zero attached hydrogens (tertiary/aromatic N) is 2. The third-order valence-electron chi connectivity index (χ3n) is 3.98. The number of urea groups is 1. The average molecular weight is 376 g/mol. The number of amides is 4. The van der Waals surface area contributed by atoms with Gasteiger partial charge in [-0.15, -0.1) is 11.3 Å². The third kappa shape index (κ3) is 4.05. The standard InChI is InChI=1S/C17H20N4O4S/c1-2-18-17(24)21-9-7-20(8-10-21)16(23)13-5-6-14(26-13)19-15(22)12-4-3-11-25-12/h3-6,11H,2,7-10H2,1H3,(H,18,24)(H,19,22). The average Bonchev–Trinajstić information content (AvgIpc) is 3.33. The number of anilines is 1. The molecule has 0 aliphatic carbocycles. The number of nitrogens with one attached hydrogen (secondary N) is 2. The van der Waals surface area contributed by atoms with Gasteiger partial charge in [0.2, 0.25) is 0 Å². The summed E-state index contributed by atoms with van der Waals surface area (Å²) in [6.45, 7) is 4.44. The summed E-state index contributed by atoms with van der Waals surface area (Å²) in [5.41, 5.74) is 0. The summed E-state index contributed by atoms with van der Waals surface area (Å²) >= 11 is 1.22. The molecule has 2 N–H and O–H groups in total. The Hall–Kier alpha value is -2.81.